The van der Waals surface area contributed by atoms with Gasteiger partial charge in [-0.05, 0) is 37.7 Å². The highest BCUT2D eigenvalue weighted by Gasteiger charge is 2.31. The number of nitrogens with one attached hydrogen (secondary N) is 4. The predicted octanol–water partition coefficient (Wildman–Crippen LogP) is 2.39. The van der Waals surface area contributed by atoms with Crippen LogP contribution in [0.15, 0.2) is 30.3 Å². The molecule has 38 heavy (non-hydrogen) atoms. The fourth-order valence-electron chi connectivity index (χ4n) is 3.98. The lowest BCUT2D eigenvalue weighted by atomic mass is 9.99. The number of rotatable bonds is 16. The van der Waals surface area contributed by atoms with Crippen LogP contribution in [0.5, 0.6) is 0 Å². The molecule has 1 aliphatic rings. The van der Waals surface area contributed by atoms with E-state index in [4.69, 9.17) is 0 Å². The van der Waals surface area contributed by atoms with Crippen molar-refractivity contribution >= 4 is 51.0 Å². The number of unbranched alkanes of at least 4 members (excludes halogenated alkanes) is 1. The first-order valence-electron chi connectivity index (χ1n) is 13.2. The Morgan fingerprint density at radius 3 is 2.34 bits per heavy atom. The third-order valence-electron chi connectivity index (χ3n) is 6.10. The molecule has 0 radical (unpaired) electrons. The van der Waals surface area contributed by atoms with E-state index in [9.17, 15) is 24.0 Å². The van der Waals surface area contributed by atoms with Crippen molar-refractivity contribution in [1.29, 1.82) is 0 Å². The highest BCUT2D eigenvalue weighted by Crippen LogP contribution is 2.39. The molecule has 4 N–H and O–H groups in total. The molecule has 1 aliphatic heterocycles. The summed E-state index contributed by atoms with van der Waals surface area (Å²) in [6.07, 6.45) is 4.57. The van der Waals surface area contributed by atoms with Gasteiger partial charge in [-0.3, -0.25) is 24.0 Å². The topological polar surface area (TPSA) is 133 Å². The number of Topliss-reactive ketones (excluding diaryl/α,β-unsaturated/α-hetero) is 1. The van der Waals surface area contributed by atoms with Crippen LogP contribution in [0, 0.1) is 5.92 Å². The van der Waals surface area contributed by atoms with Crippen molar-refractivity contribution in [3.63, 3.8) is 0 Å². The molecule has 210 valence electrons. The second-order valence-electron chi connectivity index (χ2n) is 9.62. The summed E-state index contributed by atoms with van der Waals surface area (Å²) in [5.74, 6) is -1.90. The summed E-state index contributed by atoms with van der Waals surface area (Å²) in [6.45, 7) is 5.28. The van der Waals surface area contributed by atoms with Gasteiger partial charge in [0.15, 0.2) is 0 Å². The van der Waals surface area contributed by atoms with Crippen LogP contribution in [0.25, 0.3) is 0 Å². The van der Waals surface area contributed by atoms with Gasteiger partial charge in [0.1, 0.15) is 12.1 Å². The standard InChI is InChI=1S/C27H40N4O5S2/c1-4-28-27(36)25(34)21(16-19-10-6-5-7-11-19)30-26(35)24(18(2)3)31-23(33)17-29-22(32)13-9-8-12-20-14-15-37-38-20/h5-7,10-11,18,20-21,24H,4,8-9,12-17H2,1-3H3,(H,28,36)(H,29,32)(H,30,35)(H,31,33)/t20?,21-,24-/m0/s1. The zero-order chi connectivity index (χ0) is 27.9. The molecule has 1 unspecified atom stereocenters. The molecular weight excluding hydrogens is 524 g/mol. The van der Waals surface area contributed by atoms with Gasteiger partial charge < -0.3 is 21.3 Å². The zero-order valence-corrected chi connectivity index (χ0v) is 24.1. The molecule has 9 nitrogen and oxygen atoms in total. The van der Waals surface area contributed by atoms with Gasteiger partial charge in [0, 0.05) is 30.4 Å². The molecule has 1 fully saturated rings. The van der Waals surface area contributed by atoms with Crippen molar-refractivity contribution in [2.24, 2.45) is 5.92 Å². The van der Waals surface area contributed by atoms with Gasteiger partial charge in [-0.15, -0.1) is 0 Å². The fraction of sp³-hybridized carbons (Fsp3) is 0.593. The average Bonchev–Trinajstić information content (AvgIpc) is 3.42. The van der Waals surface area contributed by atoms with Gasteiger partial charge in [0.2, 0.25) is 23.5 Å². The van der Waals surface area contributed by atoms with Gasteiger partial charge in [-0.2, -0.15) is 0 Å². The van der Waals surface area contributed by atoms with E-state index in [1.807, 2.05) is 39.8 Å². The molecular formula is C27H40N4O5S2. The van der Waals surface area contributed by atoms with Crippen molar-refractivity contribution < 1.29 is 24.0 Å². The van der Waals surface area contributed by atoms with Crippen LogP contribution in [0.1, 0.15) is 58.4 Å². The summed E-state index contributed by atoms with van der Waals surface area (Å²) in [5.41, 5.74) is 0.782. The number of hydrogen-bond acceptors (Lipinski definition) is 7. The van der Waals surface area contributed by atoms with E-state index in [-0.39, 0.29) is 31.3 Å². The quantitative estimate of drug-likeness (QED) is 0.138. The van der Waals surface area contributed by atoms with E-state index >= 15 is 0 Å². The van der Waals surface area contributed by atoms with E-state index in [1.54, 1.807) is 32.9 Å². The van der Waals surface area contributed by atoms with Gasteiger partial charge >= 0.3 is 0 Å². The summed E-state index contributed by atoms with van der Waals surface area (Å²) in [5, 5.41) is 11.1. The molecule has 3 atom stereocenters. The van der Waals surface area contributed by atoms with Crippen molar-refractivity contribution in [2.75, 3.05) is 18.8 Å². The van der Waals surface area contributed by atoms with Gasteiger partial charge in [0.25, 0.3) is 5.91 Å². The molecule has 0 aromatic heterocycles. The maximum Gasteiger partial charge on any atom is 0.289 e. The van der Waals surface area contributed by atoms with Gasteiger partial charge in [-0.1, -0.05) is 72.2 Å². The number of hydrogen-bond donors (Lipinski definition) is 4. The molecule has 0 aliphatic carbocycles. The smallest absolute Gasteiger partial charge is 0.289 e. The second kappa shape index (κ2) is 17.1. The second-order valence-corrected chi connectivity index (χ2v) is 12.4. The average molecular weight is 565 g/mol. The minimum absolute atomic E-state index is 0.135. The predicted molar refractivity (Wildman–Crippen MR) is 152 cm³/mol. The lowest BCUT2D eigenvalue weighted by molar-refractivity contribution is -0.140. The lowest BCUT2D eigenvalue weighted by Crippen LogP contribution is -2.57. The molecule has 0 spiro atoms. The van der Waals surface area contributed by atoms with Crippen LogP contribution in [0.3, 0.4) is 0 Å². The Bertz CT molecular complexity index is 939. The van der Waals surface area contributed by atoms with Crippen LogP contribution in [0.2, 0.25) is 0 Å². The molecule has 1 aromatic carbocycles. The molecule has 1 aromatic rings. The number of carbonyl (C=O) groups excluding carboxylic acids is 5. The SMILES string of the molecule is CCNC(=O)C(=O)[C@H](Cc1ccccc1)NC(=O)[C@@H](NC(=O)CNC(=O)CCCCC1CCSS1)C(C)C. The van der Waals surface area contributed by atoms with E-state index in [0.717, 1.165) is 24.8 Å². The highest BCUT2D eigenvalue weighted by atomic mass is 33.1. The Morgan fingerprint density at radius 2 is 1.71 bits per heavy atom. The van der Waals surface area contributed by atoms with Crippen LogP contribution in [-0.4, -0.2) is 65.6 Å². The van der Waals surface area contributed by atoms with Crippen molar-refractivity contribution in [3.05, 3.63) is 35.9 Å². The Hall–Kier alpha value is -2.53. The lowest BCUT2D eigenvalue weighted by Gasteiger charge is -2.25. The maximum atomic E-state index is 13.1. The summed E-state index contributed by atoms with van der Waals surface area (Å²) in [6, 6.07) is 7.04. The van der Waals surface area contributed by atoms with Crippen molar-refractivity contribution in [3.8, 4) is 0 Å². The largest absolute Gasteiger partial charge is 0.350 e. The Kier molecular flexibility index (Phi) is 14.3. The molecule has 0 bridgehead atoms. The zero-order valence-electron chi connectivity index (χ0n) is 22.4. The number of benzene rings is 1. The van der Waals surface area contributed by atoms with Crippen LogP contribution < -0.4 is 21.3 Å². The van der Waals surface area contributed by atoms with Crippen molar-refractivity contribution in [2.45, 2.75) is 76.6 Å². The first-order valence-corrected chi connectivity index (χ1v) is 15.6. The molecule has 0 saturated carbocycles. The Morgan fingerprint density at radius 1 is 0.974 bits per heavy atom. The summed E-state index contributed by atoms with van der Waals surface area (Å²) in [4.78, 5) is 62.8. The van der Waals surface area contributed by atoms with Gasteiger partial charge in [0.05, 0.1) is 6.54 Å². The van der Waals surface area contributed by atoms with E-state index in [0.29, 0.717) is 11.7 Å². The summed E-state index contributed by atoms with van der Waals surface area (Å²) in [7, 11) is 3.83. The number of likely N-dealkylation sites (N-methyl/N-ethyl adjacent to an activating group) is 1. The summed E-state index contributed by atoms with van der Waals surface area (Å²) >= 11 is 0. The third-order valence-corrected chi connectivity index (χ3v) is 9.10. The van der Waals surface area contributed by atoms with E-state index in [2.05, 4.69) is 21.3 Å². The van der Waals surface area contributed by atoms with Crippen LogP contribution in [0.4, 0.5) is 0 Å². The molecule has 2 rings (SSSR count). The normalized spacial score (nSPS) is 16.4. The van der Waals surface area contributed by atoms with E-state index in [1.165, 1.54) is 12.2 Å². The first-order chi connectivity index (χ1) is 18.2. The molecule has 4 amide bonds. The first kappa shape index (κ1) is 31.7. The minimum atomic E-state index is -1.09. The molecule has 1 saturated heterocycles. The monoisotopic (exact) mass is 564 g/mol. The maximum absolute atomic E-state index is 13.1. The van der Waals surface area contributed by atoms with E-state index < -0.39 is 35.6 Å². The van der Waals surface area contributed by atoms with Gasteiger partial charge in [-0.25, -0.2) is 0 Å². The summed E-state index contributed by atoms with van der Waals surface area (Å²) < 4.78 is 0. The third kappa shape index (κ3) is 11.5. The van der Waals surface area contributed by atoms with Crippen LogP contribution in [-0.2, 0) is 30.4 Å². The Labute approximate surface area is 233 Å². The molecule has 1 heterocycles. The highest BCUT2D eigenvalue weighted by molar-refractivity contribution is 8.77. The Balaban J connectivity index is 1.88. The van der Waals surface area contributed by atoms with Crippen LogP contribution >= 0.6 is 21.6 Å². The number of carbonyl (C=O) groups is 5. The minimum Gasteiger partial charge on any atom is -0.350 e. The molecule has 11 heteroatoms. The number of ketones is 1. The number of amides is 4. The fourth-order valence-corrected chi connectivity index (χ4v) is 7.00. The van der Waals surface area contributed by atoms with Crippen molar-refractivity contribution in [1.82, 2.24) is 21.3 Å².